The van der Waals surface area contributed by atoms with Gasteiger partial charge in [-0.25, -0.2) is 9.78 Å². The van der Waals surface area contributed by atoms with E-state index in [0.717, 1.165) is 58.4 Å². The molecule has 15 heteroatoms. The van der Waals surface area contributed by atoms with Gasteiger partial charge in [0.2, 0.25) is 12.6 Å². The highest BCUT2D eigenvalue weighted by atomic mass is 35.5. The van der Waals surface area contributed by atoms with Gasteiger partial charge in [-0.3, -0.25) is 4.79 Å². The maximum atomic E-state index is 12.1. The number of rotatable bonds is 15. The Morgan fingerprint density at radius 1 is 0.957 bits per heavy atom. The monoisotopic (exact) mass is 659 g/mol. The van der Waals surface area contributed by atoms with Crippen LogP contribution in [-0.2, 0) is 47.2 Å². The first-order valence-corrected chi connectivity index (χ1v) is 15.0. The zero-order valence-electron chi connectivity index (χ0n) is 25.3. The van der Waals surface area contributed by atoms with Crippen molar-refractivity contribution in [1.29, 1.82) is 0 Å². The summed E-state index contributed by atoms with van der Waals surface area (Å²) in [6.07, 6.45) is 2.49. The van der Waals surface area contributed by atoms with Crippen LogP contribution in [0.25, 0.3) is 22.5 Å². The van der Waals surface area contributed by atoms with E-state index in [4.69, 9.17) is 21.1 Å². The fraction of sp³-hybridized carbons (Fsp3) is 0.250. The summed E-state index contributed by atoms with van der Waals surface area (Å²) >= 11 is 6.24. The number of carbonyl (C=O) groups is 2. The fourth-order valence-electron chi connectivity index (χ4n) is 4.76. The molecular formula is C32H30ClN7O7. The molecule has 0 saturated heterocycles. The summed E-state index contributed by atoms with van der Waals surface area (Å²) in [4.78, 5) is 44.0. The van der Waals surface area contributed by atoms with Crippen molar-refractivity contribution in [3.8, 4) is 22.5 Å². The van der Waals surface area contributed by atoms with Gasteiger partial charge in [-0.05, 0) is 39.5 Å². The van der Waals surface area contributed by atoms with Crippen LogP contribution in [0.2, 0.25) is 5.15 Å². The Bertz CT molecular complexity index is 1840. The van der Waals surface area contributed by atoms with Crippen molar-refractivity contribution in [3.63, 3.8) is 0 Å². The van der Waals surface area contributed by atoms with E-state index in [1.54, 1.807) is 24.3 Å². The second-order valence-electron chi connectivity index (χ2n) is 10.4. The highest BCUT2D eigenvalue weighted by molar-refractivity contribution is 6.31. The molecule has 242 valence electrons. The van der Waals surface area contributed by atoms with Gasteiger partial charge in [0, 0.05) is 18.5 Å². The summed E-state index contributed by atoms with van der Waals surface area (Å²) in [6.45, 7) is 2.00. The number of halogens is 1. The lowest BCUT2D eigenvalue weighted by molar-refractivity contribution is -0.763. The molecule has 0 unspecified atom stereocenters. The van der Waals surface area contributed by atoms with E-state index in [9.17, 15) is 19.7 Å². The first-order valence-electron chi connectivity index (χ1n) is 14.7. The molecule has 5 rings (SSSR count). The van der Waals surface area contributed by atoms with Gasteiger partial charge in [0.25, 0.3) is 5.09 Å². The van der Waals surface area contributed by atoms with E-state index in [1.165, 1.54) is 0 Å². The topological polar surface area (TPSA) is 166 Å². The van der Waals surface area contributed by atoms with E-state index in [0.29, 0.717) is 29.2 Å². The van der Waals surface area contributed by atoms with Crippen molar-refractivity contribution in [2.24, 2.45) is 0 Å². The second-order valence-corrected chi connectivity index (χ2v) is 10.7. The smallest absolute Gasteiger partial charge is 0.429 e. The fourth-order valence-corrected chi connectivity index (χ4v) is 5.00. The van der Waals surface area contributed by atoms with Gasteiger partial charge in [0.05, 0.1) is 0 Å². The summed E-state index contributed by atoms with van der Waals surface area (Å²) < 4.78 is 12.1. The van der Waals surface area contributed by atoms with Gasteiger partial charge in [0.1, 0.15) is 24.7 Å². The number of carbonyl (C=O) groups excluding carboxylic acids is 2. The molecule has 0 atom stereocenters. The number of unbranched alkanes of at least 4 members (excludes halogenated alkanes) is 1. The molecule has 0 N–H and O–H groups in total. The molecule has 0 aliphatic rings. The van der Waals surface area contributed by atoms with Crippen LogP contribution in [0.3, 0.4) is 0 Å². The molecule has 2 aromatic heterocycles. The Balaban J connectivity index is 1.20. The lowest BCUT2D eigenvalue weighted by atomic mass is 9.98. The van der Waals surface area contributed by atoms with Crippen LogP contribution in [0, 0.1) is 10.1 Å². The lowest BCUT2D eigenvalue weighted by Gasteiger charge is -2.11. The summed E-state index contributed by atoms with van der Waals surface area (Å²) in [6, 6.07) is 22.1. The van der Waals surface area contributed by atoms with E-state index in [-0.39, 0.29) is 25.1 Å². The van der Waals surface area contributed by atoms with Crippen molar-refractivity contribution < 1.29 is 29.0 Å². The third-order valence-corrected chi connectivity index (χ3v) is 7.43. The number of nitrogens with zero attached hydrogens (tertiary/aromatic N) is 7. The normalized spacial score (nSPS) is 10.9. The Labute approximate surface area is 274 Å². The number of aryl methyl sites for hydroxylation is 1. The average Bonchev–Trinajstić information content (AvgIpc) is 3.68. The van der Waals surface area contributed by atoms with Gasteiger partial charge >= 0.3 is 6.16 Å². The molecular weight excluding hydrogens is 630 g/mol. The number of hydrogen-bond donors (Lipinski definition) is 0. The predicted molar refractivity (Wildman–Crippen MR) is 169 cm³/mol. The van der Waals surface area contributed by atoms with Crippen LogP contribution < -0.4 is 0 Å². The van der Waals surface area contributed by atoms with Crippen molar-refractivity contribution in [3.05, 3.63) is 116 Å². The minimum Gasteiger partial charge on any atom is -0.429 e. The zero-order valence-corrected chi connectivity index (χ0v) is 26.1. The van der Waals surface area contributed by atoms with Gasteiger partial charge in [-0.15, -0.1) is 25.1 Å². The van der Waals surface area contributed by atoms with E-state index in [1.807, 2.05) is 53.1 Å². The van der Waals surface area contributed by atoms with Crippen LogP contribution in [0.15, 0.2) is 72.8 Å². The molecule has 0 radical (unpaired) electrons. The molecule has 0 amide bonds. The molecule has 0 spiro atoms. The van der Waals surface area contributed by atoms with Gasteiger partial charge in [-0.1, -0.05) is 97.7 Å². The van der Waals surface area contributed by atoms with Crippen molar-refractivity contribution in [2.75, 3.05) is 0 Å². The number of imidazole rings is 1. The standard InChI is InChI=1S/C32H30ClN7O7/c1-2-3-8-29-34-30(33)28(18-41)38(29)17-22-13-15-25(16-14-22)26-6-4-5-7-27(26)31-35-37-39(36-31)21-46-32(42)45-19-23-9-11-24(12-10-23)20-47-40(43)44/h4-7,9-16,18H,2-3,8,17,19-21H2,1H3. The Morgan fingerprint density at radius 3 is 2.32 bits per heavy atom. The molecule has 0 fully saturated rings. The van der Waals surface area contributed by atoms with E-state index < -0.39 is 11.2 Å². The number of tetrazole rings is 1. The molecule has 3 aromatic carbocycles. The number of aldehydes is 1. The summed E-state index contributed by atoms with van der Waals surface area (Å²) in [5.74, 6) is 1.13. The largest absolute Gasteiger partial charge is 0.510 e. The number of hydrogen-bond acceptors (Lipinski definition) is 11. The highest BCUT2D eigenvalue weighted by Crippen LogP contribution is 2.30. The Morgan fingerprint density at radius 2 is 1.64 bits per heavy atom. The quantitative estimate of drug-likeness (QED) is 0.0553. The molecule has 47 heavy (non-hydrogen) atoms. The third kappa shape index (κ3) is 8.55. The van der Waals surface area contributed by atoms with Crippen LogP contribution in [-0.4, -0.2) is 47.3 Å². The SMILES string of the molecule is CCCCc1nc(Cl)c(C=O)n1Cc1ccc(-c2ccccc2-c2nnn(COC(=O)OCc3ccc(CO[N+](=O)[O-])cc3)n2)cc1. The molecule has 0 bridgehead atoms. The number of benzene rings is 3. The minimum absolute atomic E-state index is 0.0637. The van der Waals surface area contributed by atoms with Gasteiger partial charge in [0.15, 0.2) is 11.4 Å². The minimum atomic E-state index is -0.930. The van der Waals surface area contributed by atoms with Crippen LogP contribution in [0.4, 0.5) is 4.79 Å². The Hall–Kier alpha value is -5.63. The Kier molecular flexibility index (Phi) is 10.9. The van der Waals surface area contributed by atoms with E-state index >= 15 is 0 Å². The summed E-state index contributed by atoms with van der Waals surface area (Å²) in [5.41, 5.74) is 5.13. The number of aromatic nitrogens is 6. The third-order valence-electron chi connectivity index (χ3n) is 7.15. The van der Waals surface area contributed by atoms with Crippen LogP contribution in [0.5, 0.6) is 0 Å². The molecule has 0 saturated carbocycles. The maximum absolute atomic E-state index is 12.1. The average molecular weight is 660 g/mol. The number of ether oxygens (including phenoxy) is 2. The highest BCUT2D eigenvalue weighted by Gasteiger charge is 2.17. The van der Waals surface area contributed by atoms with Crippen molar-refractivity contribution >= 4 is 24.0 Å². The van der Waals surface area contributed by atoms with Gasteiger partial charge < -0.3 is 18.9 Å². The van der Waals surface area contributed by atoms with Crippen molar-refractivity contribution in [1.82, 2.24) is 29.8 Å². The summed E-state index contributed by atoms with van der Waals surface area (Å²) in [5, 5.41) is 22.2. The zero-order chi connectivity index (χ0) is 33.2. The molecule has 14 nitrogen and oxygen atoms in total. The first kappa shape index (κ1) is 32.8. The molecule has 0 aliphatic carbocycles. The molecule has 2 heterocycles. The predicted octanol–water partition coefficient (Wildman–Crippen LogP) is 6.08. The maximum Gasteiger partial charge on any atom is 0.510 e. The van der Waals surface area contributed by atoms with E-state index in [2.05, 4.69) is 32.2 Å². The van der Waals surface area contributed by atoms with Crippen molar-refractivity contribution in [2.45, 2.75) is 52.7 Å². The lowest BCUT2D eigenvalue weighted by Crippen LogP contribution is -2.13. The summed E-state index contributed by atoms with van der Waals surface area (Å²) in [7, 11) is 0. The molecule has 0 aliphatic heterocycles. The van der Waals surface area contributed by atoms with Crippen LogP contribution >= 0.6 is 11.6 Å². The van der Waals surface area contributed by atoms with Gasteiger partial charge in [-0.2, -0.15) is 0 Å². The van der Waals surface area contributed by atoms with Crippen LogP contribution in [0.1, 0.15) is 52.8 Å². The molecule has 5 aromatic rings. The second kappa shape index (κ2) is 15.6. The first-order chi connectivity index (χ1) is 22.8.